The quantitative estimate of drug-likeness (QED) is 0.572. The zero-order valence-corrected chi connectivity index (χ0v) is 13.3. The number of benzene rings is 1. The largest absolute Gasteiger partial charge is 0.365 e. The number of rotatable bonds is 5. The summed E-state index contributed by atoms with van der Waals surface area (Å²) in [4.78, 5) is 18.9. The van der Waals surface area contributed by atoms with Gasteiger partial charge in [0, 0.05) is 24.4 Å². The first-order chi connectivity index (χ1) is 11.5. The number of anilines is 1. The molecule has 0 atom stereocenters. The Hall–Kier alpha value is -3.29. The number of hydrogen-bond acceptors (Lipinski definition) is 6. The van der Waals surface area contributed by atoms with E-state index in [0.29, 0.717) is 18.2 Å². The van der Waals surface area contributed by atoms with E-state index in [0.717, 1.165) is 17.0 Å². The molecule has 0 aliphatic rings. The highest BCUT2D eigenvalue weighted by Gasteiger charge is 2.07. The van der Waals surface area contributed by atoms with Crippen molar-refractivity contribution >= 4 is 11.5 Å². The van der Waals surface area contributed by atoms with Gasteiger partial charge in [-0.15, -0.1) is 0 Å². The molecule has 122 valence electrons. The number of nitro groups is 1. The molecule has 24 heavy (non-hydrogen) atoms. The van der Waals surface area contributed by atoms with E-state index in [1.54, 1.807) is 29.2 Å². The van der Waals surface area contributed by atoms with Gasteiger partial charge in [-0.25, -0.2) is 9.67 Å². The lowest BCUT2D eigenvalue weighted by atomic mass is 10.2. The second-order valence-corrected chi connectivity index (χ2v) is 5.38. The van der Waals surface area contributed by atoms with Gasteiger partial charge in [-0.2, -0.15) is 5.10 Å². The van der Waals surface area contributed by atoms with Gasteiger partial charge in [-0.05, 0) is 25.5 Å². The molecule has 0 fully saturated rings. The normalized spacial score (nSPS) is 10.6. The molecule has 0 amide bonds. The van der Waals surface area contributed by atoms with Crippen LogP contribution in [0.2, 0.25) is 0 Å². The Labute approximate surface area is 138 Å². The van der Waals surface area contributed by atoms with Crippen LogP contribution in [0.1, 0.15) is 17.0 Å². The van der Waals surface area contributed by atoms with Gasteiger partial charge < -0.3 is 5.32 Å². The monoisotopic (exact) mass is 324 g/mol. The number of nitro benzene ring substituents is 1. The van der Waals surface area contributed by atoms with E-state index in [1.807, 2.05) is 19.9 Å². The average Bonchev–Trinajstić information content (AvgIpc) is 2.92. The Morgan fingerprint density at radius 1 is 1.21 bits per heavy atom. The van der Waals surface area contributed by atoms with Crippen molar-refractivity contribution in [3.05, 3.63) is 69.8 Å². The van der Waals surface area contributed by atoms with Crippen LogP contribution < -0.4 is 5.32 Å². The molecular formula is C16H16N6O2. The number of nitrogens with zero attached hydrogens (tertiary/aromatic N) is 5. The summed E-state index contributed by atoms with van der Waals surface area (Å²) in [5.41, 5.74) is 2.89. The maximum absolute atomic E-state index is 10.7. The van der Waals surface area contributed by atoms with E-state index in [2.05, 4.69) is 20.4 Å². The van der Waals surface area contributed by atoms with Crippen LogP contribution in [0.25, 0.3) is 5.82 Å². The predicted octanol–water partition coefficient (Wildman–Crippen LogP) is 2.80. The van der Waals surface area contributed by atoms with Crippen molar-refractivity contribution in [3.8, 4) is 5.82 Å². The van der Waals surface area contributed by atoms with Crippen molar-refractivity contribution in [1.29, 1.82) is 0 Å². The first-order valence-electron chi connectivity index (χ1n) is 7.36. The van der Waals surface area contributed by atoms with E-state index < -0.39 is 4.92 Å². The number of nitrogens with one attached hydrogen (secondary N) is 1. The summed E-state index contributed by atoms with van der Waals surface area (Å²) in [6, 6.07) is 8.36. The Morgan fingerprint density at radius 3 is 2.58 bits per heavy atom. The summed E-state index contributed by atoms with van der Waals surface area (Å²) in [6.07, 6.45) is 3.27. The van der Waals surface area contributed by atoms with Crippen LogP contribution in [0.15, 0.2) is 42.7 Å². The van der Waals surface area contributed by atoms with Crippen molar-refractivity contribution in [2.24, 2.45) is 0 Å². The molecular weight excluding hydrogens is 308 g/mol. The average molecular weight is 324 g/mol. The summed E-state index contributed by atoms with van der Waals surface area (Å²) in [5.74, 6) is 1.24. The molecule has 2 aromatic heterocycles. The fourth-order valence-electron chi connectivity index (χ4n) is 2.33. The molecule has 8 nitrogen and oxygen atoms in total. The molecule has 0 bridgehead atoms. The summed E-state index contributed by atoms with van der Waals surface area (Å²) in [7, 11) is 0. The van der Waals surface area contributed by atoms with Gasteiger partial charge in [0.25, 0.3) is 5.69 Å². The van der Waals surface area contributed by atoms with Gasteiger partial charge in [0.05, 0.1) is 23.0 Å². The molecule has 2 heterocycles. The van der Waals surface area contributed by atoms with Gasteiger partial charge >= 0.3 is 0 Å². The van der Waals surface area contributed by atoms with Gasteiger partial charge in [0.1, 0.15) is 5.82 Å². The number of hydrogen-bond donors (Lipinski definition) is 1. The molecule has 0 saturated carbocycles. The lowest BCUT2D eigenvalue weighted by molar-refractivity contribution is -0.384. The van der Waals surface area contributed by atoms with Gasteiger partial charge in [-0.3, -0.25) is 15.1 Å². The third-order valence-electron chi connectivity index (χ3n) is 3.47. The van der Waals surface area contributed by atoms with Crippen molar-refractivity contribution in [1.82, 2.24) is 19.7 Å². The highest BCUT2D eigenvalue weighted by atomic mass is 16.6. The summed E-state index contributed by atoms with van der Waals surface area (Å²) in [5, 5.41) is 18.2. The second kappa shape index (κ2) is 6.45. The van der Waals surface area contributed by atoms with Gasteiger partial charge in [0.2, 0.25) is 0 Å². The third kappa shape index (κ3) is 3.37. The molecule has 3 aromatic rings. The smallest absolute Gasteiger partial charge is 0.269 e. The highest BCUT2D eigenvalue weighted by molar-refractivity contribution is 5.39. The molecule has 1 N–H and O–H groups in total. The minimum atomic E-state index is -0.416. The maximum atomic E-state index is 10.7. The van der Waals surface area contributed by atoms with Crippen molar-refractivity contribution in [2.45, 2.75) is 20.4 Å². The lowest BCUT2D eigenvalue weighted by Gasteiger charge is -2.08. The fraction of sp³-hybridized carbons (Fsp3) is 0.188. The van der Waals surface area contributed by atoms with Crippen molar-refractivity contribution < 1.29 is 4.92 Å². The minimum Gasteiger partial charge on any atom is -0.365 e. The Morgan fingerprint density at radius 2 is 1.96 bits per heavy atom. The third-order valence-corrected chi connectivity index (χ3v) is 3.47. The number of aryl methyl sites for hydroxylation is 2. The van der Waals surface area contributed by atoms with E-state index >= 15 is 0 Å². The Balaban J connectivity index is 1.73. The minimum absolute atomic E-state index is 0.0741. The molecule has 0 saturated heterocycles. The second-order valence-electron chi connectivity index (χ2n) is 5.38. The van der Waals surface area contributed by atoms with E-state index in [-0.39, 0.29) is 5.69 Å². The molecule has 1 aromatic carbocycles. The van der Waals surface area contributed by atoms with Gasteiger partial charge in [0.15, 0.2) is 5.82 Å². The van der Waals surface area contributed by atoms with E-state index in [4.69, 9.17) is 0 Å². The summed E-state index contributed by atoms with van der Waals surface area (Å²) >= 11 is 0. The molecule has 0 aliphatic heterocycles. The van der Waals surface area contributed by atoms with Crippen LogP contribution in [-0.2, 0) is 6.54 Å². The van der Waals surface area contributed by atoms with Crippen LogP contribution in [0.3, 0.4) is 0 Å². The summed E-state index contributed by atoms with van der Waals surface area (Å²) in [6.45, 7) is 4.37. The van der Waals surface area contributed by atoms with Crippen LogP contribution in [0, 0.1) is 24.0 Å². The maximum Gasteiger partial charge on any atom is 0.269 e. The van der Waals surface area contributed by atoms with Crippen LogP contribution >= 0.6 is 0 Å². The van der Waals surface area contributed by atoms with Crippen LogP contribution in [-0.4, -0.2) is 24.7 Å². The zero-order valence-electron chi connectivity index (χ0n) is 13.3. The van der Waals surface area contributed by atoms with Crippen LogP contribution in [0.4, 0.5) is 11.5 Å². The Kier molecular flexibility index (Phi) is 4.19. The lowest BCUT2D eigenvalue weighted by Crippen LogP contribution is -2.07. The van der Waals surface area contributed by atoms with E-state index in [9.17, 15) is 10.1 Å². The fourth-order valence-corrected chi connectivity index (χ4v) is 2.33. The molecule has 0 radical (unpaired) electrons. The standard InChI is InChI=1S/C16H16N6O2/c1-11-7-12(2)21(20-11)16-10-17-9-15(19-16)18-8-13-3-5-14(6-4-13)22(23)24/h3-7,9-10H,8H2,1-2H3,(H,18,19). The topological polar surface area (TPSA) is 98.8 Å². The SMILES string of the molecule is Cc1cc(C)n(-c2cncc(NCc3ccc([N+](=O)[O-])cc3)n2)n1. The zero-order chi connectivity index (χ0) is 17.1. The van der Waals surface area contributed by atoms with Crippen molar-refractivity contribution in [3.63, 3.8) is 0 Å². The van der Waals surface area contributed by atoms with Crippen LogP contribution in [0.5, 0.6) is 0 Å². The van der Waals surface area contributed by atoms with Crippen molar-refractivity contribution in [2.75, 3.05) is 5.32 Å². The predicted molar refractivity (Wildman–Crippen MR) is 89.1 cm³/mol. The first kappa shape index (κ1) is 15.6. The molecule has 0 aliphatic carbocycles. The number of non-ortho nitro benzene ring substituents is 1. The summed E-state index contributed by atoms with van der Waals surface area (Å²) < 4.78 is 1.74. The van der Waals surface area contributed by atoms with E-state index in [1.165, 1.54) is 12.1 Å². The first-order valence-corrected chi connectivity index (χ1v) is 7.36. The molecule has 8 heteroatoms. The molecule has 0 spiro atoms. The number of aromatic nitrogens is 4. The highest BCUT2D eigenvalue weighted by Crippen LogP contribution is 2.14. The Bertz CT molecular complexity index is 873. The molecule has 3 rings (SSSR count). The molecule has 0 unspecified atom stereocenters. The van der Waals surface area contributed by atoms with Gasteiger partial charge in [-0.1, -0.05) is 12.1 Å².